The molecule has 0 bridgehead atoms. The highest BCUT2D eigenvalue weighted by atomic mass is 35.5. The number of nitrogens with one attached hydrogen (secondary N) is 2. The largest absolute Gasteiger partial charge is 0.368 e. The van der Waals surface area contributed by atoms with Crippen molar-refractivity contribution in [2.24, 2.45) is 0 Å². The van der Waals surface area contributed by atoms with Gasteiger partial charge in [-0.1, -0.05) is 24.3 Å². The summed E-state index contributed by atoms with van der Waals surface area (Å²) in [6, 6.07) is 11.9. The van der Waals surface area contributed by atoms with Gasteiger partial charge in [-0.25, -0.2) is 4.79 Å². The van der Waals surface area contributed by atoms with Crippen LogP contribution in [0.15, 0.2) is 36.4 Å². The number of amides is 3. The Balaban J connectivity index is 0.00000182. The highest BCUT2D eigenvalue weighted by Gasteiger charge is 2.26. The fourth-order valence-electron chi connectivity index (χ4n) is 3.48. The number of hydrogen-bond donors (Lipinski definition) is 2. The van der Waals surface area contributed by atoms with Crippen LogP contribution in [0.25, 0.3) is 10.8 Å². The Bertz CT molecular complexity index is 805. The van der Waals surface area contributed by atoms with Gasteiger partial charge >= 0.3 is 6.03 Å². The molecule has 6 nitrogen and oxygen atoms in total. The van der Waals surface area contributed by atoms with Gasteiger partial charge in [0.1, 0.15) is 0 Å². The second-order valence-corrected chi connectivity index (χ2v) is 6.14. The molecule has 2 saturated heterocycles. The monoisotopic (exact) mass is 360 g/mol. The predicted molar refractivity (Wildman–Crippen MR) is 102 cm³/mol. The average molecular weight is 361 g/mol. The van der Waals surface area contributed by atoms with E-state index in [1.54, 1.807) is 4.90 Å². The van der Waals surface area contributed by atoms with Gasteiger partial charge < -0.3 is 10.2 Å². The van der Waals surface area contributed by atoms with Gasteiger partial charge in [0, 0.05) is 55.6 Å². The second kappa shape index (κ2) is 7.29. The van der Waals surface area contributed by atoms with Crippen LogP contribution in [0.1, 0.15) is 6.42 Å². The molecule has 0 spiro atoms. The summed E-state index contributed by atoms with van der Waals surface area (Å²) >= 11 is 0. The van der Waals surface area contributed by atoms with Crippen molar-refractivity contribution in [3.05, 3.63) is 36.4 Å². The van der Waals surface area contributed by atoms with Crippen molar-refractivity contribution < 1.29 is 9.59 Å². The van der Waals surface area contributed by atoms with Gasteiger partial charge in [0.05, 0.1) is 5.69 Å². The molecule has 0 aromatic heterocycles. The van der Waals surface area contributed by atoms with E-state index in [2.05, 4.69) is 27.7 Å². The summed E-state index contributed by atoms with van der Waals surface area (Å²) in [6.45, 7) is 4.32. The number of urea groups is 1. The van der Waals surface area contributed by atoms with Crippen molar-refractivity contribution in [3.63, 3.8) is 0 Å². The molecule has 0 unspecified atom stereocenters. The maximum Gasteiger partial charge on any atom is 0.328 e. The molecule has 2 heterocycles. The zero-order valence-electron chi connectivity index (χ0n) is 13.8. The normalized spacial score (nSPS) is 18.1. The fraction of sp³-hybridized carbons (Fsp3) is 0.333. The molecular weight excluding hydrogens is 340 g/mol. The Morgan fingerprint density at radius 3 is 2.16 bits per heavy atom. The van der Waals surface area contributed by atoms with E-state index in [-0.39, 0.29) is 24.3 Å². The average Bonchev–Trinajstić information content (AvgIpc) is 2.62. The minimum Gasteiger partial charge on any atom is -0.368 e. The molecule has 0 radical (unpaired) electrons. The Kier molecular flexibility index (Phi) is 5.11. The number of carbonyl (C=O) groups excluding carboxylic acids is 2. The maximum absolute atomic E-state index is 12.2. The maximum atomic E-state index is 12.2. The van der Waals surface area contributed by atoms with Crippen LogP contribution in [0.4, 0.5) is 16.2 Å². The van der Waals surface area contributed by atoms with Gasteiger partial charge in [0.25, 0.3) is 0 Å². The fourth-order valence-corrected chi connectivity index (χ4v) is 3.48. The number of rotatable bonds is 2. The summed E-state index contributed by atoms with van der Waals surface area (Å²) in [4.78, 5) is 27.6. The van der Waals surface area contributed by atoms with Gasteiger partial charge in [-0.15, -0.1) is 12.4 Å². The van der Waals surface area contributed by atoms with Crippen molar-refractivity contribution in [3.8, 4) is 0 Å². The van der Waals surface area contributed by atoms with Crippen molar-refractivity contribution in [2.45, 2.75) is 6.42 Å². The molecule has 25 heavy (non-hydrogen) atoms. The van der Waals surface area contributed by atoms with Crippen LogP contribution in [0.2, 0.25) is 0 Å². The molecule has 0 saturated carbocycles. The smallest absolute Gasteiger partial charge is 0.328 e. The number of piperazine rings is 1. The van der Waals surface area contributed by atoms with Gasteiger partial charge in [-0.2, -0.15) is 0 Å². The quantitative estimate of drug-likeness (QED) is 0.861. The lowest BCUT2D eigenvalue weighted by Crippen LogP contribution is -2.49. The van der Waals surface area contributed by atoms with Crippen LogP contribution in [-0.4, -0.2) is 44.7 Å². The van der Waals surface area contributed by atoms with Crippen molar-refractivity contribution in [1.29, 1.82) is 0 Å². The van der Waals surface area contributed by atoms with Crippen LogP contribution in [0.5, 0.6) is 0 Å². The number of anilines is 2. The summed E-state index contributed by atoms with van der Waals surface area (Å²) in [5.74, 6) is -0.210. The van der Waals surface area contributed by atoms with E-state index in [1.165, 1.54) is 5.69 Å². The van der Waals surface area contributed by atoms with Crippen LogP contribution >= 0.6 is 12.4 Å². The van der Waals surface area contributed by atoms with Gasteiger partial charge in [0.2, 0.25) is 5.91 Å². The van der Waals surface area contributed by atoms with Crippen molar-refractivity contribution >= 4 is 46.5 Å². The molecule has 4 rings (SSSR count). The minimum atomic E-state index is -0.341. The van der Waals surface area contributed by atoms with Crippen LogP contribution in [0.3, 0.4) is 0 Å². The lowest BCUT2D eigenvalue weighted by atomic mass is 10.0. The summed E-state index contributed by atoms with van der Waals surface area (Å²) in [5, 5.41) is 7.95. The van der Waals surface area contributed by atoms with Crippen molar-refractivity contribution in [1.82, 2.24) is 10.6 Å². The van der Waals surface area contributed by atoms with E-state index in [0.29, 0.717) is 13.0 Å². The molecular formula is C18H21ClN4O2. The first-order valence-corrected chi connectivity index (χ1v) is 8.33. The third-order valence-corrected chi connectivity index (χ3v) is 4.68. The molecule has 2 aromatic carbocycles. The van der Waals surface area contributed by atoms with Crippen molar-refractivity contribution in [2.75, 3.05) is 42.5 Å². The molecule has 132 valence electrons. The predicted octanol–water partition coefficient (Wildman–Crippen LogP) is 2.12. The first-order valence-electron chi connectivity index (χ1n) is 8.33. The zero-order valence-corrected chi connectivity index (χ0v) is 14.6. The van der Waals surface area contributed by atoms with E-state index >= 15 is 0 Å². The lowest BCUT2D eigenvalue weighted by molar-refractivity contribution is -0.120. The Labute approximate surface area is 152 Å². The number of hydrogen-bond acceptors (Lipinski definition) is 4. The van der Waals surface area contributed by atoms with E-state index in [9.17, 15) is 9.59 Å². The Morgan fingerprint density at radius 1 is 0.840 bits per heavy atom. The summed E-state index contributed by atoms with van der Waals surface area (Å²) < 4.78 is 0. The van der Waals surface area contributed by atoms with E-state index in [4.69, 9.17) is 0 Å². The number of benzene rings is 2. The number of imide groups is 1. The first-order chi connectivity index (χ1) is 11.7. The highest BCUT2D eigenvalue weighted by molar-refractivity contribution is 6.11. The molecule has 0 atom stereocenters. The van der Waals surface area contributed by atoms with E-state index < -0.39 is 0 Å². The number of fused-ring (bicyclic) bond motifs is 1. The lowest BCUT2D eigenvalue weighted by Gasteiger charge is -2.32. The number of carbonyl (C=O) groups is 2. The molecule has 7 heteroatoms. The summed E-state index contributed by atoms with van der Waals surface area (Å²) in [6.07, 6.45) is 0.333. The van der Waals surface area contributed by atoms with Crippen LogP contribution in [-0.2, 0) is 4.79 Å². The third-order valence-electron chi connectivity index (χ3n) is 4.68. The van der Waals surface area contributed by atoms with E-state index in [1.807, 2.05) is 24.3 Å². The van der Waals surface area contributed by atoms with Crippen LogP contribution in [0, 0.1) is 0 Å². The van der Waals surface area contributed by atoms with Gasteiger partial charge in [-0.05, 0) is 12.1 Å². The molecule has 2 aliphatic heterocycles. The highest BCUT2D eigenvalue weighted by Crippen LogP contribution is 2.35. The third kappa shape index (κ3) is 3.27. The van der Waals surface area contributed by atoms with Gasteiger partial charge in [0.15, 0.2) is 0 Å². The second-order valence-electron chi connectivity index (χ2n) is 6.14. The van der Waals surface area contributed by atoms with Gasteiger partial charge in [-0.3, -0.25) is 15.0 Å². The summed E-state index contributed by atoms with van der Waals surface area (Å²) in [7, 11) is 0. The Morgan fingerprint density at radius 2 is 1.48 bits per heavy atom. The SMILES string of the molecule is Cl.O=C1CCN(c2ccc(N3CCNCC3)c3ccccc23)C(=O)N1. The number of nitrogens with zero attached hydrogens (tertiary/aromatic N) is 2. The molecule has 2 N–H and O–H groups in total. The minimum absolute atomic E-state index is 0. The van der Waals surface area contributed by atoms with E-state index in [0.717, 1.165) is 42.6 Å². The molecule has 3 amide bonds. The first kappa shape index (κ1) is 17.5. The Hall–Kier alpha value is -2.31. The van der Waals surface area contributed by atoms with Crippen LogP contribution < -0.4 is 20.4 Å². The zero-order chi connectivity index (χ0) is 16.5. The number of halogens is 1. The topological polar surface area (TPSA) is 64.7 Å². The molecule has 0 aliphatic carbocycles. The molecule has 2 fully saturated rings. The molecule has 2 aliphatic rings. The molecule has 2 aromatic rings. The summed E-state index contributed by atoms with van der Waals surface area (Å²) in [5.41, 5.74) is 2.05. The standard InChI is InChI=1S/C18H20N4O2.ClH/c23-17-7-10-22(18(24)20-17)16-6-5-15(21-11-8-19-9-12-21)13-3-1-2-4-14(13)16;/h1-6,19H,7-12H2,(H,20,23,24);1H.